The van der Waals surface area contributed by atoms with Crippen molar-refractivity contribution < 1.29 is 83.2 Å². The van der Waals surface area contributed by atoms with Crippen molar-refractivity contribution in [3.63, 3.8) is 0 Å². The lowest BCUT2D eigenvalue weighted by atomic mass is 10.1. The van der Waals surface area contributed by atoms with E-state index in [-0.39, 0.29) is 55.1 Å². The molecule has 3 heterocycles. The number of carbonyl (C=O) groups is 1. The predicted octanol–water partition coefficient (Wildman–Crippen LogP) is 9.70. The summed E-state index contributed by atoms with van der Waals surface area (Å²) in [6.45, 7) is 0.986. The predicted molar refractivity (Wildman–Crippen MR) is 270 cm³/mol. The second-order valence-electron chi connectivity index (χ2n) is 14.9. The van der Waals surface area contributed by atoms with Gasteiger partial charge in [-0.05, 0) is 73.0 Å². The normalized spacial score (nSPS) is 12.3. The number of nitrogens with one attached hydrogen (secondary N) is 2. The van der Waals surface area contributed by atoms with Gasteiger partial charge in [0.25, 0.3) is 30.4 Å². The van der Waals surface area contributed by atoms with Crippen LogP contribution in [-0.4, -0.2) is 98.6 Å². The van der Waals surface area contributed by atoms with Gasteiger partial charge in [0.1, 0.15) is 33.6 Å². The number of hydrogen-bond acceptors (Lipinski definition) is 27. The van der Waals surface area contributed by atoms with Crippen LogP contribution >= 0.6 is 35.4 Å². The Morgan fingerprint density at radius 1 is 0.816 bits per heavy atom. The highest BCUT2D eigenvalue weighted by molar-refractivity contribution is 7.95. The maximum Gasteiger partial charge on any atom is 0.319 e. The van der Waals surface area contributed by atoms with Gasteiger partial charge in [0.15, 0.2) is 17.1 Å². The number of anilines is 1. The number of para-hydroxylation sites is 2. The molecule has 0 saturated heterocycles. The molecule has 0 aliphatic rings. The Balaban J connectivity index is 0.00000160. The summed E-state index contributed by atoms with van der Waals surface area (Å²) in [5.41, 5.74) is 0.260. The summed E-state index contributed by atoms with van der Waals surface area (Å²) < 4.78 is 105. The van der Waals surface area contributed by atoms with Crippen molar-refractivity contribution in [1.82, 2.24) is 19.7 Å². The number of thiazole rings is 1. The van der Waals surface area contributed by atoms with E-state index in [4.69, 9.17) is 19.6 Å². The second kappa shape index (κ2) is 23.6. The van der Waals surface area contributed by atoms with Crippen LogP contribution in [0.15, 0.2) is 124 Å². The number of urea groups is 1. The SMILES string of the molecule is CS(=O)(=O)O.Cc1c(N=Nc2ccc3cc(SOOO)c(N=Nc4cc(NC(=O)NCCS(=O)(=O)O)c(N=Nc5nc6ccc(SOOO)cc6s5)cc4S(=O)(=O)O)c(O)c3c2)c(O)n2c(nc3ccccc32)c1C#N. The molecule has 9 N–H and O–H groups in total. The summed E-state index contributed by atoms with van der Waals surface area (Å²) in [5, 5.41) is 87.5. The first-order valence-corrected chi connectivity index (χ1v) is 27.5. The van der Waals surface area contributed by atoms with Gasteiger partial charge in [0.05, 0.1) is 73.6 Å². The summed E-state index contributed by atoms with van der Waals surface area (Å²) in [6.07, 6.45) is 0.715. The van der Waals surface area contributed by atoms with Gasteiger partial charge in [-0.25, -0.2) is 25.3 Å². The van der Waals surface area contributed by atoms with E-state index < -0.39 is 76.4 Å². The summed E-state index contributed by atoms with van der Waals surface area (Å²) in [4.78, 5) is 21.3. The molecule has 0 atom stereocenters. The van der Waals surface area contributed by atoms with Crippen LogP contribution in [0.5, 0.6) is 11.6 Å². The number of aromatic hydroxyl groups is 2. The number of nitriles is 1. The molecule has 0 radical (unpaired) electrons. The number of amides is 2. The lowest BCUT2D eigenvalue weighted by molar-refractivity contribution is -0.432. The minimum Gasteiger partial charge on any atom is -0.505 e. The number of rotatable bonds is 17. The van der Waals surface area contributed by atoms with Crippen LogP contribution in [0, 0.1) is 18.3 Å². The lowest BCUT2D eigenvalue weighted by Crippen LogP contribution is -2.32. The fourth-order valence-electron chi connectivity index (χ4n) is 6.66. The van der Waals surface area contributed by atoms with Gasteiger partial charge < -0.3 is 20.8 Å². The number of carbonyl (C=O) groups excluding carboxylic acids is 1. The molecule has 0 fully saturated rings. The number of azo groups is 3. The summed E-state index contributed by atoms with van der Waals surface area (Å²) in [6, 6.07) is 20.1. The number of hydrogen-bond donors (Lipinski definition) is 9. The molecule has 0 aliphatic carbocycles. The Bertz CT molecular complexity index is 4070. The van der Waals surface area contributed by atoms with Crippen LogP contribution < -0.4 is 10.6 Å². The summed E-state index contributed by atoms with van der Waals surface area (Å²) in [5.74, 6) is -1.85. The highest BCUT2D eigenvalue weighted by Crippen LogP contribution is 2.47. The zero-order valence-electron chi connectivity index (χ0n) is 38.0. The first-order valence-electron chi connectivity index (χ1n) is 20.3. The minimum absolute atomic E-state index is 0.0174. The molecule has 5 aromatic carbocycles. The van der Waals surface area contributed by atoms with E-state index in [1.165, 1.54) is 28.7 Å². The Morgan fingerprint density at radius 2 is 1.51 bits per heavy atom. The van der Waals surface area contributed by atoms with Crippen molar-refractivity contribution in [2.24, 2.45) is 30.7 Å². The van der Waals surface area contributed by atoms with Crippen LogP contribution in [0.4, 0.5) is 44.1 Å². The smallest absolute Gasteiger partial charge is 0.319 e. The molecule has 0 aliphatic heterocycles. The van der Waals surface area contributed by atoms with Gasteiger partial charge in [-0.15, -0.1) is 34.2 Å². The monoisotopic (exact) mass is 1160 g/mol. The molecule has 396 valence electrons. The van der Waals surface area contributed by atoms with Crippen LogP contribution in [0.1, 0.15) is 11.1 Å². The number of phenolic OH excluding ortho intramolecular Hbond substituents is 1. The third kappa shape index (κ3) is 13.9. The number of benzene rings is 5. The van der Waals surface area contributed by atoms with Crippen molar-refractivity contribution in [3.05, 3.63) is 90.0 Å². The molecular formula is C40H32N12O18S6. The topological polar surface area (TPSA) is 450 Å². The van der Waals surface area contributed by atoms with E-state index in [2.05, 4.69) is 76.1 Å². The highest BCUT2D eigenvalue weighted by Gasteiger charge is 2.24. The van der Waals surface area contributed by atoms with E-state index in [9.17, 15) is 50.1 Å². The third-order valence-corrected chi connectivity index (χ3v) is 13.5. The van der Waals surface area contributed by atoms with Gasteiger partial charge in [0, 0.05) is 22.4 Å². The standard InChI is InChI=1S/C39H28N12O15S5.CH4O3S/c1-18-23(17-40)36-42-24-4-2-3-5-29(24)51(36)37(53)33(18)48-45-20-7-6-19-12-31(69-66-64-56)34(35(52)22(19)13-20)49-47-28-15-26(43-38(54)41-10-11-70(57,58)59)27(16-32(28)71(60,61)62)46-50-39-44-25-9-8-21(68-65-63-55)14-30(25)67-39;1-5(2,3)4/h2-9,12-16,52-53,55-56H,10-11H2,1H3,(H2,41,43,54)(H,57,58,59)(H,60,61,62);1H3,(H,2,3,4). The number of fused-ring (bicyclic) bond motifs is 5. The van der Waals surface area contributed by atoms with Gasteiger partial charge in [-0.1, -0.05) is 39.6 Å². The Labute approximate surface area is 438 Å². The van der Waals surface area contributed by atoms with Crippen molar-refractivity contribution in [2.75, 3.05) is 23.9 Å². The van der Waals surface area contributed by atoms with Crippen molar-refractivity contribution >= 4 is 149 Å². The fourth-order valence-corrected chi connectivity index (χ4v) is 9.44. The number of pyridine rings is 1. The van der Waals surface area contributed by atoms with E-state index in [0.29, 0.717) is 61.9 Å². The van der Waals surface area contributed by atoms with E-state index >= 15 is 0 Å². The lowest BCUT2D eigenvalue weighted by Gasteiger charge is -2.12. The Morgan fingerprint density at radius 3 is 2.21 bits per heavy atom. The van der Waals surface area contributed by atoms with Gasteiger partial charge in [-0.3, -0.25) is 18.1 Å². The molecule has 0 unspecified atom stereocenters. The zero-order chi connectivity index (χ0) is 55.1. The molecule has 8 rings (SSSR count). The molecule has 0 saturated carbocycles. The van der Waals surface area contributed by atoms with Crippen LogP contribution in [0.25, 0.3) is 37.7 Å². The maximum atomic E-state index is 13.0. The van der Waals surface area contributed by atoms with Crippen molar-refractivity contribution in [2.45, 2.75) is 21.6 Å². The average Bonchev–Trinajstić information content (AvgIpc) is 3.95. The Hall–Kier alpha value is -7.45. The van der Waals surface area contributed by atoms with E-state index in [1.54, 1.807) is 49.4 Å². The minimum atomic E-state index is -5.23. The third-order valence-electron chi connectivity index (χ3n) is 9.77. The van der Waals surface area contributed by atoms with Crippen molar-refractivity contribution in [1.29, 1.82) is 5.26 Å². The van der Waals surface area contributed by atoms with E-state index in [1.807, 2.05) is 0 Å². The molecule has 36 heteroatoms. The maximum absolute atomic E-state index is 13.0. The largest absolute Gasteiger partial charge is 0.505 e. The molecule has 0 spiro atoms. The number of phenols is 1. The van der Waals surface area contributed by atoms with Gasteiger partial charge >= 0.3 is 6.03 Å². The summed E-state index contributed by atoms with van der Waals surface area (Å²) >= 11 is 2.03. The van der Waals surface area contributed by atoms with Crippen LogP contribution in [0.3, 0.4) is 0 Å². The van der Waals surface area contributed by atoms with Crippen LogP contribution in [-0.2, 0) is 49.1 Å². The first-order chi connectivity index (χ1) is 36.0. The zero-order valence-corrected chi connectivity index (χ0v) is 42.9. The summed E-state index contributed by atoms with van der Waals surface area (Å²) in [7, 11) is -13.4. The average molecular weight is 1160 g/mol. The molecule has 0 bridgehead atoms. The molecule has 3 aromatic heterocycles. The number of imidazole rings is 1. The first kappa shape index (κ1) is 56.3. The van der Waals surface area contributed by atoms with Crippen molar-refractivity contribution in [3.8, 4) is 17.7 Å². The number of aromatic nitrogens is 3. The molecular weight excluding hydrogens is 1130 g/mol. The quantitative estimate of drug-likeness (QED) is 0.0135. The molecule has 30 nitrogen and oxygen atoms in total. The molecule has 8 aromatic rings. The van der Waals surface area contributed by atoms with Gasteiger partial charge in [-0.2, -0.15) is 35.6 Å². The molecule has 76 heavy (non-hydrogen) atoms. The Kier molecular flexibility index (Phi) is 17.5. The fraction of sp³-hybridized carbons (Fsp3) is 0.100. The highest BCUT2D eigenvalue weighted by atomic mass is 32.2. The van der Waals surface area contributed by atoms with E-state index in [0.717, 1.165) is 23.5 Å². The number of nitrogens with zero attached hydrogens (tertiary/aromatic N) is 10. The van der Waals surface area contributed by atoms with Crippen LogP contribution in [0.2, 0.25) is 0 Å². The second-order valence-corrected chi connectivity index (χ2v) is 21.9. The van der Waals surface area contributed by atoms with Gasteiger partial charge in [0.2, 0.25) is 11.0 Å². The molecule has 2 amide bonds.